The SMILES string of the molecule is Cl.NC(=O)c1c(-c2ccc(F)c(Cl)c2)nn2c1CNCC2CCO. The summed E-state index contributed by atoms with van der Waals surface area (Å²) in [5.41, 5.74) is 7.39. The van der Waals surface area contributed by atoms with Gasteiger partial charge in [0.1, 0.15) is 11.5 Å². The first-order chi connectivity index (χ1) is 11.0. The number of nitrogens with two attached hydrogens (primary N) is 1. The molecule has 1 aliphatic rings. The lowest BCUT2D eigenvalue weighted by molar-refractivity contribution is 0.0999. The van der Waals surface area contributed by atoms with Crippen LogP contribution in [0.3, 0.4) is 0 Å². The first kappa shape index (κ1) is 18.7. The van der Waals surface area contributed by atoms with Crippen molar-refractivity contribution in [3.63, 3.8) is 0 Å². The number of nitrogens with zero attached hydrogens (tertiary/aromatic N) is 2. The number of hydrogen-bond donors (Lipinski definition) is 3. The normalized spacial score (nSPS) is 16.4. The Balaban J connectivity index is 0.00000208. The van der Waals surface area contributed by atoms with Crippen molar-refractivity contribution < 1.29 is 14.3 Å². The third kappa shape index (κ3) is 3.25. The van der Waals surface area contributed by atoms with E-state index in [4.69, 9.17) is 17.3 Å². The summed E-state index contributed by atoms with van der Waals surface area (Å²) < 4.78 is 15.1. The Morgan fingerprint density at radius 2 is 2.29 bits per heavy atom. The van der Waals surface area contributed by atoms with Gasteiger partial charge in [-0.15, -0.1) is 12.4 Å². The van der Waals surface area contributed by atoms with Gasteiger partial charge in [0.05, 0.1) is 22.3 Å². The third-order valence-corrected chi connectivity index (χ3v) is 4.22. The molecule has 0 bridgehead atoms. The van der Waals surface area contributed by atoms with Gasteiger partial charge >= 0.3 is 0 Å². The fourth-order valence-corrected chi connectivity index (χ4v) is 3.04. The first-order valence-electron chi connectivity index (χ1n) is 7.21. The van der Waals surface area contributed by atoms with Crippen molar-refractivity contribution in [2.75, 3.05) is 13.2 Å². The molecule has 6 nitrogen and oxygen atoms in total. The lowest BCUT2D eigenvalue weighted by Gasteiger charge is -2.25. The van der Waals surface area contributed by atoms with Crippen LogP contribution in [-0.4, -0.2) is 33.9 Å². The maximum atomic E-state index is 13.4. The van der Waals surface area contributed by atoms with Gasteiger partial charge < -0.3 is 16.2 Å². The van der Waals surface area contributed by atoms with E-state index in [2.05, 4.69) is 10.4 Å². The molecule has 130 valence electrons. The fraction of sp³-hybridized carbons (Fsp3) is 0.333. The van der Waals surface area contributed by atoms with Crippen LogP contribution in [0.1, 0.15) is 28.5 Å². The summed E-state index contributed by atoms with van der Waals surface area (Å²) in [6.45, 7) is 1.09. The van der Waals surface area contributed by atoms with Gasteiger partial charge in [-0.05, 0) is 24.6 Å². The van der Waals surface area contributed by atoms with Gasteiger partial charge in [-0.1, -0.05) is 11.6 Å². The highest BCUT2D eigenvalue weighted by molar-refractivity contribution is 6.31. The Morgan fingerprint density at radius 1 is 1.54 bits per heavy atom. The van der Waals surface area contributed by atoms with Crippen molar-refractivity contribution in [2.45, 2.75) is 19.0 Å². The predicted octanol–water partition coefficient (Wildman–Crippen LogP) is 1.89. The topological polar surface area (TPSA) is 93.2 Å². The van der Waals surface area contributed by atoms with E-state index in [0.29, 0.717) is 42.0 Å². The highest BCUT2D eigenvalue weighted by atomic mass is 35.5. The Morgan fingerprint density at radius 3 is 2.92 bits per heavy atom. The number of rotatable bonds is 4. The molecular weight excluding hydrogens is 358 g/mol. The molecule has 2 aromatic rings. The summed E-state index contributed by atoms with van der Waals surface area (Å²) in [5.74, 6) is -1.15. The molecule has 1 atom stereocenters. The van der Waals surface area contributed by atoms with Crippen LogP contribution in [-0.2, 0) is 6.54 Å². The van der Waals surface area contributed by atoms with Gasteiger partial charge in [-0.3, -0.25) is 9.48 Å². The number of halogens is 3. The molecule has 1 amide bonds. The number of aliphatic hydroxyl groups excluding tert-OH is 1. The van der Waals surface area contributed by atoms with Crippen LogP contribution >= 0.6 is 24.0 Å². The van der Waals surface area contributed by atoms with Crippen molar-refractivity contribution in [1.29, 1.82) is 0 Å². The molecule has 0 aliphatic carbocycles. The molecular formula is C15H17Cl2FN4O2. The van der Waals surface area contributed by atoms with E-state index in [-0.39, 0.29) is 30.1 Å². The lowest BCUT2D eigenvalue weighted by atomic mass is 10.0. The van der Waals surface area contributed by atoms with Crippen molar-refractivity contribution in [3.8, 4) is 11.3 Å². The Labute approximate surface area is 149 Å². The summed E-state index contributed by atoms with van der Waals surface area (Å²) in [7, 11) is 0. The molecule has 9 heteroatoms. The van der Waals surface area contributed by atoms with Crippen molar-refractivity contribution >= 4 is 29.9 Å². The van der Waals surface area contributed by atoms with Crippen LogP contribution in [0.5, 0.6) is 0 Å². The largest absolute Gasteiger partial charge is 0.396 e. The quantitative estimate of drug-likeness (QED) is 0.761. The molecule has 0 saturated carbocycles. The van der Waals surface area contributed by atoms with Crippen molar-refractivity contribution in [3.05, 3.63) is 40.3 Å². The monoisotopic (exact) mass is 374 g/mol. The summed E-state index contributed by atoms with van der Waals surface area (Å²) in [4.78, 5) is 11.9. The van der Waals surface area contributed by atoms with Gasteiger partial charge in [0.2, 0.25) is 0 Å². The molecule has 1 aliphatic heterocycles. The fourth-order valence-electron chi connectivity index (χ4n) is 2.86. The zero-order valence-electron chi connectivity index (χ0n) is 12.6. The first-order valence-corrected chi connectivity index (χ1v) is 7.59. The standard InChI is InChI=1S/C15H16ClFN4O2.ClH/c16-10-5-8(1-2-11(10)17)14-13(15(18)23)12-7-19-6-9(3-4-22)21(12)20-14;/h1-2,5,9,19,22H,3-4,6-7H2,(H2,18,23);1H. The molecule has 0 saturated heterocycles. The minimum atomic E-state index is -0.604. The number of hydrogen-bond acceptors (Lipinski definition) is 4. The van der Waals surface area contributed by atoms with Gasteiger partial charge in [-0.25, -0.2) is 4.39 Å². The number of aliphatic hydroxyl groups is 1. The lowest BCUT2D eigenvalue weighted by Crippen LogP contribution is -2.35. The van der Waals surface area contributed by atoms with E-state index < -0.39 is 11.7 Å². The maximum absolute atomic E-state index is 13.4. The summed E-state index contributed by atoms with van der Waals surface area (Å²) in [6.07, 6.45) is 0.503. The van der Waals surface area contributed by atoms with Crippen LogP contribution < -0.4 is 11.1 Å². The van der Waals surface area contributed by atoms with Crippen LogP contribution in [0.25, 0.3) is 11.3 Å². The van der Waals surface area contributed by atoms with Gasteiger partial charge in [0, 0.05) is 25.3 Å². The number of nitrogens with one attached hydrogen (secondary N) is 1. The van der Waals surface area contributed by atoms with E-state index in [0.717, 1.165) is 0 Å². The summed E-state index contributed by atoms with van der Waals surface area (Å²) >= 11 is 5.83. The zero-order chi connectivity index (χ0) is 16.6. The van der Waals surface area contributed by atoms with Crippen LogP contribution in [0, 0.1) is 5.82 Å². The maximum Gasteiger partial charge on any atom is 0.252 e. The van der Waals surface area contributed by atoms with Crippen molar-refractivity contribution in [1.82, 2.24) is 15.1 Å². The van der Waals surface area contributed by atoms with Crippen molar-refractivity contribution in [2.24, 2.45) is 5.73 Å². The average Bonchev–Trinajstić information content (AvgIpc) is 2.91. The molecule has 1 aromatic carbocycles. The van der Waals surface area contributed by atoms with E-state index in [1.807, 2.05) is 0 Å². The highest BCUT2D eigenvalue weighted by Crippen LogP contribution is 2.31. The number of benzene rings is 1. The van der Waals surface area contributed by atoms with Gasteiger partial charge in [0.15, 0.2) is 0 Å². The van der Waals surface area contributed by atoms with Gasteiger partial charge in [0.25, 0.3) is 5.91 Å². The minimum Gasteiger partial charge on any atom is -0.396 e. The summed E-state index contributed by atoms with van der Waals surface area (Å²) in [6, 6.07) is 4.08. The average molecular weight is 375 g/mol. The molecule has 24 heavy (non-hydrogen) atoms. The predicted molar refractivity (Wildman–Crippen MR) is 90.8 cm³/mol. The smallest absolute Gasteiger partial charge is 0.252 e. The number of fused-ring (bicyclic) bond motifs is 1. The van der Waals surface area contributed by atoms with E-state index >= 15 is 0 Å². The second-order valence-corrected chi connectivity index (χ2v) is 5.81. The van der Waals surface area contributed by atoms with Crippen LogP contribution in [0.4, 0.5) is 4.39 Å². The second kappa shape index (κ2) is 7.48. The Bertz CT molecular complexity index is 766. The summed E-state index contributed by atoms with van der Waals surface area (Å²) in [5, 5.41) is 16.8. The Hall–Kier alpha value is -1.67. The number of carbonyl (C=O) groups excluding carboxylic acids is 1. The van der Waals surface area contributed by atoms with E-state index in [9.17, 15) is 14.3 Å². The molecule has 2 heterocycles. The van der Waals surface area contributed by atoms with Crippen LogP contribution in [0.2, 0.25) is 5.02 Å². The number of amides is 1. The highest BCUT2D eigenvalue weighted by Gasteiger charge is 2.29. The molecule has 1 unspecified atom stereocenters. The zero-order valence-corrected chi connectivity index (χ0v) is 14.2. The molecule has 4 N–H and O–H groups in total. The molecule has 0 spiro atoms. The Kier molecular flexibility index (Phi) is 5.82. The van der Waals surface area contributed by atoms with E-state index in [1.54, 1.807) is 4.68 Å². The van der Waals surface area contributed by atoms with Gasteiger partial charge in [-0.2, -0.15) is 5.10 Å². The molecule has 3 rings (SSSR count). The van der Waals surface area contributed by atoms with Crippen LogP contribution in [0.15, 0.2) is 18.2 Å². The number of aromatic nitrogens is 2. The number of carbonyl (C=O) groups is 1. The number of primary amides is 1. The molecule has 1 aromatic heterocycles. The molecule has 0 fully saturated rings. The van der Waals surface area contributed by atoms with E-state index in [1.165, 1.54) is 18.2 Å². The second-order valence-electron chi connectivity index (χ2n) is 5.41. The molecule has 0 radical (unpaired) electrons. The third-order valence-electron chi connectivity index (χ3n) is 3.93. The minimum absolute atomic E-state index is 0.